The van der Waals surface area contributed by atoms with Crippen LogP contribution in [-0.4, -0.2) is 11.1 Å². The number of hydrogen-bond acceptors (Lipinski definition) is 1. The summed E-state index contributed by atoms with van der Waals surface area (Å²) in [5.74, 6) is 0.833. The molecule has 1 N–H and O–H groups in total. The van der Waals surface area contributed by atoms with Gasteiger partial charge >= 0.3 is 0 Å². The van der Waals surface area contributed by atoms with Crippen LogP contribution in [-0.2, 0) is 4.79 Å². The molecule has 2 heteroatoms. The molecule has 2 nitrogen and oxygen atoms in total. The van der Waals surface area contributed by atoms with Gasteiger partial charge in [0.05, 0.1) is 0 Å². The van der Waals surface area contributed by atoms with E-state index in [2.05, 4.69) is 6.92 Å². The summed E-state index contributed by atoms with van der Waals surface area (Å²) in [5.41, 5.74) is 0. The number of aliphatic carboxylic acids is 1. The van der Waals surface area contributed by atoms with Gasteiger partial charge in [0.2, 0.25) is 0 Å². The molecule has 0 aliphatic heterocycles. The fourth-order valence-corrected chi connectivity index (χ4v) is 0.125. The van der Waals surface area contributed by atoms with E-state index in [0.717, 1.165) is 6.92 Å². The van der Waals surface area contributed by atoms with Gasteiger partial charge in [0.25, 0.3) is 5.97 Å². The number of carboxylic acid groups (broad SMARTS) is 1. The average Bonchev–Trinajstić information content (AvgIpc) is 2.19. The maximum absolute atomic E-state index is 9.00. The molecule has 0 aromatic rings. The van der Waals surface area contributed by atoms with Crippen molar-refractivity contribution in [3.63, 3.8) is 0 Å². The minimum atomic E-state index is -0.833. The van der Waals surface area contributed by atoms with Gasteiger partial charge in [-0.1, -0.05) is 6.92 Å². The molecule has 1 fully saturated rings. The molecule has 47 valence electrons. The summed E-state index contributed by atoms with van der Waals surface area (Å²) in [6.07, 6.45) is 2.81. The first kappa shape index (κ1) is 7.47. The first-order chi connectivity index (χ1) is 3.63. The van der Waals surface area contributed by atoms with Crippen LogP contribution in [0, 0.1) is 5.92 Å². The standard InChI is InChI=1S/C4H7.C2H4O2/c1-4-2-3-4;1-2(3)4/h2-3H2,1H3;1H3,(H,3,4). The Morgan fingerprint density at radius 3 is 1.75 bits per heavy atom. The Morgan fingerprint density at radius 2 is 1.75 bits per heavy atom. The molecule has 0 spiro atoms. The lowest BCUT2D eigenvalue weighted by Crippen LogP contribution is -1.78. The lowest BCUT2D eigenvalue weighted by atomic mass is 10.5. The Kier molecular flexibility index (Phi) is 3.24. The molecule has 1 saturated carbocycles. The van der Waals surface area contributed by atoms with Gasteiger partial charge in [-0.2, -0.15) is 0 Å². The summed E-state index contributed by atoms with van der Waals surface area (Å²) in [5, 5.41) is 7.42. The maximum Gasteiger partial charge on any atom is 0.300 e. The van der Waals surface area contributed by atoms with Gasteiger partial charge in [0.15, 0.2) is 0 Å². The topological polar surface area (TPSA) is 37.3 Å². The van der Waals surface area contributed by atoms with Gasteiger partial charge < -0.3 is 5.11 Å². The van der Waals surface area contributed by atoms with Crippen molar-refractivity contribution in [1.29, 1.82) is 0 Å². The van der Waals surface area contributed by atoms with Gasteiger partial charge in [-0.15, -0.1) is 0 Å². The zero-order valence-electron chi connectivity index (χ0n) is 5.27. The molecule has 1 radical (unpaired) electrons. The molecule has 0 saturated heterocycles. The third-order valence-corrected chi connectivity index (χ3v) is 0.750. The van der Waals surface area contributed by atoms with Gasteiger partial charge in [-0.25, -0.2) is 0 Å². The van der Waals surface area contributed by atoms with Crippen molar-refractivity contribution < 1.29 is 9.90 Å². The zero-order valence-corrected chi connectivity index (χ0v) is 5.27. The van der Waals surface area contributed by atoms with Crippen LogP contribution >= 0.6 is 0 Å². The smallest absolute Gasteiger partial charge is 0.300 e. The molecule has 0 aromatic carbocycles. The van der Waals surface area contributed by atoms with Crippen LogP contribution in [0.25, 0.3) is 0 Å². The Bertz CT molecular complexity index is 70.6. The SMILES string of the molecule is CC(=O)O.C[C]1CC1. The summed E-state index contributed by atoms with van der Waals surface area (Å²) in [6, 6.07) is 0. The fraction of sp³-hybridized carbons (Fsp3) is 0.667. The van der Waals surface area contributed by atoms with Crippen molar-refractivity contribution in [2.45, 2.75) is 26.7 Å². The van der Waals surface area contributed by atoms with E-state index in [-0.39, 0.29) is 0 Å². The summed E-state index contributed by atoms with van der Waals surface area (Å²) < 4.78 is 0. The molecule has 0 amide bonds. The van der Waals surface area contributed by atoms with Crippen LogP contribution in [0.2, 0.25) is 0 Å². The van der Waals surface area contributed by atoms with Gasteiger partial charge in [-0.05, 0) is 18.8 Å². The summed E-state index contributed by atoms with van der Waals surface area (Å²) >= 11 is 0. The Balaban J connectivity index is 0.000000122. The normalized spacial score (nSPS) is 16.2. The lowest BCUT2D eigenvalue weighted by molar-refractivity contribution is -0.134. The van der Waals surface area contributed by atoms with Crippen LogP contribution in [0.3, 0.4) is 0 Å². The van der Waals surface area contributed by atoms with Gasteiger partial charge in [0.1, 0.15) is 0 Å². The van der Waals surface area contributed by atoms with E-state index in [9.17, 15) is 0 Å². The molecule has 0 aromatic heterocycles. The van der Waals surface area contributed by atoms with Crippen LogP contribution in [0.5, 0.6) is 0 Å². The van der Waals surface area contributed by atoms with E-state index in [4.69, 9.17) is 9.90 Å². The molecule has 8 heavy (non-hydrogen) atoms. The number of hydrogen-bond donors (Lipinski definition) is 1. The molecular formula is C6H11O2. The van der Waals surface area contributed by atoms with Crippen molar-refractivity contribution in [2.75, 3.05) is 0 Å². The molecule has 1 aliphatic rings. The maximum atomic E-state index is 9.00. The van der Waals surface area contributed by atoms with Gasteiger partial charge in [-0.3, -0.25) is 4.79 Å². The van der Waals surface area contributed by atoms with Crippen molar-refractivity contribution in [2.24, 2.45) is 0 Å². The molecule has 0 heterocycles. The Morgan fingerprint density at radius 1 is 1.62 bits per heavy atom. The van der Waals surface area contributed by atoms with Crippen molar-refractivity contribution >= 4 is 5.97 Å². The average molecular weight is 115 g/mol. The van der Waals surface area contributed by atoms with E-state index >= 15 is 0 Å². The highest BCUT2D eigenvalue weighted by Gasteiger charge is 2.13. The first-order valence-electron chi connectivity index (χ1n) is 2.63. The summed E-state index contributed by atoms with van der Waals surface area (Å²) in [6.45, 7) is 3.28. The monoisotopic (exact) mass is 115 g/mol. The lowest BCUT2D eigenvalue weighted by Gasteiger charge is -1.59. The third kappa shape index (κ3) is 17.9. The number of rotatable bonds is 0. The molecular weight excluding hydrogens is 104 g/mol. The fourth-order valence-electron chi connectivity index (χ4n) is 0.125. The van der Waals surface area contributed by atoms with Crippen molar-refractivity contribution in [1.82, 2.24) is 0 Å². The minimum absolute atomic E-state index is 0.833. The van der Waals surface area contributed by atoms with Crippen LogP contribution in [0.1, 0.15) is 26.7 Å². The largest absolute Gasteiger partial charge is 0.481 e. The molecule has 0 bridgehead atoms. The minimum Gasteiger partial charge on any atom is -0.481 e. The molecule has 0 unspecified atom stereocenters. The molecule has 1 aliphatic carbocycles. The quantitative estimate of drug-likeness (QED) is 0.519. The number of carboxylic acids is 1. The summed E-state index contributed by atoms with van der Waals surface area (Å²) in [7, 11) is 0. The highest BCUT2D eigenvalue weighted by molar-refractivity contribution is 5.62. The van der Waals surface area contributed by atoms with E-state index in [0.29, 0.717) is 0 Å². The molecule has 1 rings (SSSR count). The van der Waals surface area contributed by atoms with E-state index < -0.39 is 5.97 Å². The van der Waals surface area contributed by atoms with Crippen LogP contribution in [0.4, 0.5) is 0 Å². The van der Waals surface area contributed by atoms with Crippen molar-refractivity contribution in [3.05, 3.63) is 5.92 Å². The van der Waals surface area contributed by atoms with E-state index in [1.54, 1.807) is 5.92 Å². The van der Waals surface area contributed by atoms with Crippen LogP contribution in [0.15, 0.2) is 0 Å². The first-order valence-corrected chi connectivity index (χ1v) is 2.63. The van der Waals surface area contributed by atoms with Crippen molar-refractivity contribution in [3.8, 4) is 0 Å². The Labute approximate surface area is 49.5 Å². The van der Waals surface area contributed by atoms with Crippen LogP contribution < -0.4 is 0 Å². The van der Waals surface area contributed by atoms with E-state index in [1.165, 1.54) is 12.8 Å². The second kappa shape index (κ2) is 3.47. The predicted molar refractivity (Wildman–Crippen MR) is 31.5 cm³/mol. The highest BCUT2D eigenvalue weighted by atomic mass is 16.4. The second-order valence-corrected chi connectivity index (χ2v) is 1.98. The zero-order chi connectivity index (χ0) is 6.57. The van der Waals surface area contributed by atoms with Gasteiger partial charge in [0, 0.05) is 6.92 Å². The predicted octanol–water partition coefficient (Wildman–Crippen LogP) is 1.47. The Hall–Kier alpha value is -0.530. The second-order valence-electron chi connectivity index (χ2n) is 1.98. The van der Waals surface area contributed by atoms with E-state index in [1.807, 2.05) is 0 Å². The summed E-state index contributed by atoms with van der Waals surface area (Å²) in [4.78, 5) is 9.00. The number of carbonyl (C=O) groups is 1. The third-order valence-electron chi connectivity index (χ3n) is 0.750. The molecule has 0 atom stereocenters. The highest BCUT2D eigenvalue weighted by Crippen LogP contribution is 2.29.